The van der Waals surface area contributed by atoms with Crippen LogP contribution in [-0.4, -0.2) is 11.2 Å². The topological polar surface area (TPSA) is 29.1 Å². The molecule has 0 spiro atoms. The summed E-state index contributed by atoms with van der Waals surface area (Å²) >= 11 is 7.18. The lowest BCUT2D eigenvalue weighted by Gasteiger charge is -2.12. The Hall–Kier alpha value is -1.40. The number of carbonyl (C=O) groups excluding carboxylic acids is 1. The van der Waals surface area contributed by atoms with Gasteiger partial charge in [0.25, 0.3) is 0 Å². The summed E-state index contributed by atoms with van der Waals surface area (Å²) in [5.41, 5.74) is 0.869. The van der Waals surface area contributed by atoms with Crippen LogP contribution in [0.1, 0.15) is 5.56 Å². The highest BCUT2D eigenvalue weighted by Crippen LogP contribution is 2.24. The Labute approximate surface area is 135 Å². The lowest BCUT2D eigenvalue weighted by molar-refractivity contribution is -0.115. The summed E-state index contributed by atoms with van der Waals surface area (Å²) in [4.78, 5) is 12.0. The van der Waals surface area contributed by atoms with Gasteiger partial charge in [0.05, 0.1) is 15.4 Å². The van der Waals surface area contributed by atoms with Crippen LogP contribution in [0.3, 0.4) is 0 Å². The van der Waals surface area contributed by atoms with Crippen LogP contribution < -0.4 is 5.32 Å². The van der Waals surface area contributed by atoms with Crippen LogP contribution in [0, 0.1) is 11.6 Å². The lowest BCUT2D eigenvalue weighted by atomic mass is 10.1. The molecule has 0 saturated carbocycles. The molecular formula is C15H12BrF2NOS. The first-order valence-corrected chi connectivity index (χ1v) is 7.45. The number of carbonyl (C=O) groups is 1. The molecular weight excluding hydrogens is 360 g/mol. The Morgan fingerprint density at radius 3 is 2.52 bits per heavy atom. The SMILES string of the molecule is O=C(Nc1cc(Br)c(F)cc1F)C(S)Cc1ccccc1. The van der Waals surface area contributed by atoms with E-state index in [-0.39, 0.29) is 10.2 Å². The monoisotopic (exact) mass is 371 g/mol. The van der Waals surface area contributed by atoms with Crippen molar-refractivity contribution < 1.29 is 13.6 Å². The second-order valence-corrected chi connectivity index (χ2v) is 5.92. The molecule has 0 aliphatic heterocycles. The van der Waals surface area contributed by atoms with Crippen molar-refractivity contribution >= 4 is 40.2 Å². The predicted molar refractivity (Wildman–Crippen MR) is 85.6 cm³/mol. The standard InChI is InChI=1S/C15H12BrF2NOS/c16-10-7-13(12(18)8-11(10)17)19-15(20)14(21)6-9-4-2-1-3-5-9/h1-5,7-8,14,21H,6H2,(H,19,20). The summed E-state index contributed by atoms with van der Waals surface area (Å²) in [6, 6.07) is 11.3. The van der Waals surface area contributed by atoms with Gasteiger partial charge in [-0.25, -0.2) is 8.78 Å². The molecule has 1 atom stereocenters. The lowest BCUT2D eigenvalue weighted by Crippen LogP contribution is -2.25. The molecule has 1 unspecified atom stereocenters. The van der Waals surface area contributed by atoms with Gasteiger partial charge in [0.15, 0.2) is 0 Å². The molecule has 1 amide bonds. The van der Waals surface area contributed by atoms with Crippen LogP contribution >= 0.6 is 28.6 Å². The number of benzene rings is 2. The predicted octanol–water partition coefficient (Wildman–Crippen LogP) is 4.21. The highest BCUT2D eigenvalue weighted by Gasteiger charge is 2.17. The van der Waals surface area contributed by atoms with E-state index in [1.807, 2.05) is 30.3 Å². The smallest absolute Gasteiger partial charge is 0.237 e. The molecule has 6 heteroatoms. The molecule has 1 N–H and O–H groups in total. The van der Waals surface area contributed by atoms with Gasteiger partial charge >= 0.3 is 0 Å². The largest absolute Gasteiger partial charge is 0.323 e. The van der Waals surface area contributed by atoms with Crippen LogP contribution in [0.4, 0.5) is 14.5 Å². The Kier molecular flexibility index (Phi) is 5.36. The Morgan fingerprint density at radius 1 is 1.19 bits per heavy atom. The third-order valence-corrected chi connectivity index (χ3v) is 3.87. The van der Waals surface area contributed by atoms with E-state index >= 15 is 0 Å². The van der Waals surface area contributed by atoms with Gasteiger partial charge in [-0.1, -0.05) is 30.3 Å². The van der Waals surface area contributed by atoms with Crippen molar-refractivity contribution in [3.8, 4) is 0 Å². The van der Waals surface area contributed by atoms with Crippen LogP contribution in [0.5, 0.6) is 0 Å². The number of halogens is 3. The first-order valence-electron chi connectivity index (χ1n) is 6.15. The summed E-state index contributed by atoms with van der Waals surface area (Å²) in [6.07, 6.45) is 0.416. The number of amides is 1. The van der Waals surface area contributed by atoms with E-state index < -0.39 is 22.8 Å². The molecule has 2 aromatic rings. The molecule has 0 saturated heterocycles. The van der Waals surface area contributed by atoms with E-state index in [0.29, 0.717) is 12.5 Å². The summed E-state index contributed by atoms with van der Waals surface area (Å²) in [6.45, 7) is 0. The second kappa shape index (κ2) is 7.04. The van der Waals surface area contributed by atoms with Gasteiger partial charge in [-0.2, -0.15) is 12.6 Å². The zero-order valence-corrected chi connectivity index (χ0v) is 13.3. The van der Waals surface area contributed by atoms with E-state index in [1.54, 1.807) is 0 Å². The van der Waals surface area contributed by atoms with Crippen molar-refractivity contribution in [1.29, 1.82) is 0 Å². The molecule has 0 fully saturated rings. The van der Waals surface area contributed by atoms with Crippen molar-refractivity contribution in [2.24, 2.45) is 0 Å². The first-order chi connectivity index (χ1) is 9.97. The minimum atomic E-state index is -0.829. The van der Waals surface area contributed by atoms with E-state index in [4.69, 9.17) is 0 Å². The average Bonchev–Trinajstić information content (AvgIpc) is 2.45. The zero-order chi connectivity index (χ0) is 15.4. The van der Waals surface area contributed by atoms with Gasteiger partial charge in [0, 0.05) is 6.07 Å². The van der Waals surface area contributed by atoms with Crippen molar-refractivity contribution in [1.82, 2.24) is 0 Å². The van der Waals surface area contributed by atoms with Gasteiger partial charge < -0.3 is 5.32 Å². The molecule has 0 aromatic heterocycles. The third-order valence-electron chi connectivity index (χ3n) is 2.84. The summed E-state index contributed by atoms with van der Waals surface area (Å²) in [7, 11) is 0. The molecule has 2 aromatic carbocycles. The van der Waals surface area contributed by atoms with Crippen molar-refractivity contribution in [2.45, 2.75) is 11.7 Å². The third kappa shape index (κ3) is 4.28. The quantitative estimate of drug-likeness (QED) is 0.611. The maximum absolute atomic E-state index is 13.6. The van der Waals surface area contributed by atoms with Crippen LogP contribution in [-0.2, 0) is 11.2 Å². The fourth-order valence-corrected chi connectivity index (χ4v) is 2.38. The molecule has 0 heterocycles. The Morgan fingerprint density at radius 2 is 1.86 bits per heavy atom. The molecule has 2 rings (SSSR count). The number of hydrogen-bond acceptors (Lipinski definition) is 2. The number of nitrogens with one attached hydrogen (secondary N) is 1. The first kappa shape index (κ1) is 16.0. The van der Waals surface area contributed by atoms with Crippen molar-refractivity contribution in [3.05, 3.63) is 64.1 Å². The van der Waals surface area contributed by atoms with E-state index in [2.05, 4.69) is 33.9 Å². The van der Waals surface area contributed by atoms with Crippen molar-refractivity contribution in [2.75, 3.05) is 5.32 Å². The number of anilines is 1. The second-order valence-electron chi connectivity index (χ2n) is 4.44. The van der Waals surface area contributed by atoms with Crippen LogP contribution in [0.25, 0.3) is 0 Å². The Bertz CT molecular complexity index is 652. The normalized spacial score (nSPS) is 12.0. The highest BCUT2D eigenvalue weighted by molar-refractivity contribution is 9.10. The molecule has 21 heavy (non-hydrogen) atoms. The van der Waals surface area contributed by atoms with Crippen molar-refractivity contribution in [3.63, 3.8) is 0 Å². The average molecular weight is 372 g/mol. The molecule has 0 aliphatic rings. The van der Waals surface area contributed by atoms with Gasteiger partial charge in [-0.05, 0) is 34.0 Å². The maximum Gasteiger partial charge on any atom is 0.237 e. The van der Waals surface area contributed by atoms with E-state index in [9.17, 15) is 13.6 Å². The minimum absolute atomic E-state index is 0.0815. The van der Waals surface area contributed by atoms with Gasteiger partial charge in [0.2, 0.25) is 5.91 Å². The van der Waals surface area contributed by atoms with Crippen LogP contribution in [0.15, 0.2) is 46.9 Å². The Balaban J connectivity index is 2.06. The van der Waals surface area contributed by atoms with Gasteiger partial charge in [0.1, 0.15) is 11.6 Å². The fourth-order valence-electron chi connectivity index (χ4n) is 1.76. The molecule has 2 nitrogen and oxygen atoms in total. The number of thiol groups is 1. The highest BCUT2D eigenvalue weighted by atomic mass is 79.9. The fraction of sp³-hybridized carbons (Fsp3) is 0.133. The summed E-state index contributed by atoms with van der Waals surface area (Å²) in [5.74, 6) is -2.00. The molecule has 0 radical (unpaired) electrons. The summed E-state index contributed by atoms with van der Waals surface area (Å²) < 4.78 is 26.8. The van der Waals surface area contributed by atoms with E-state index in [0.717, 1.165) is 5.56 Å². The van der Waals surface area contributed by atoms with Crippen LogP contribution in [0.2, 0.25) is 0 Å². The number of hydrogen-bond donors (Lipinski definition) is 2. The summed E-state index contributed by atoms with van der Waals surface area (Å²) in [5, 5.41) is 1.78. The van der Waals surface area contributed by atoms with Gasteiger partial charge in [-0.15, -0.1) is 0 Å². The maximum atomic E-state index is 13.6. The van der Waals surface area contributed by atoms with E-state index in [1.165, 1.54) is 6.07 Å². The zero-order valence-electron chi connectivity index (χ0n) is 10.8. The molecule has 110 valence electrons. The number of rotatable bonds is 4. The molecule has 0 bridgehead atoms. The van der Waals surface area contributed by atoms with Gasteiger partial charge in [-0.3, -0.25) is 4.79 Å². The molecule has 0 aliphatic carbocycles. The minimum Gasteiger partial charge on any atom is -0.323 e.